The van der Waals surface area contributed by atoms with Crippen LogP contribution in [0.15, 0.2) is 498 Å². The number of hydrogen-bond acceptors (Lipinski definition) is 14. The monoisotopic (exact) mass is 2740 g/mol. The van der Waals surface area contributed by atoms with E-state index in [9.17, 15) is 25.2 Å². The Bertz CT molecular complexity index is 7680. The molecule has 24 rings (SSSR count). The fourth-order valence-electron chi connectivity index (χ4n) is 14.9. The van der Waals surface area contributed by atoms with Gasteiger partial charge in [0.2, 0.25) is 0 Å². The summed E-state index contributed by atoms with van der Waals surface area (Å²) in [5.74, 6) is 0.0996. The van der Waals surface area contributed by atoms with Crippen molar-refractivity contribution in [2.24, 2.45) is 0 Å². The fraction of sp³-hybridized carbons (Fsp3) is 0. The number of benzene rings is 15. The van der Waals surface area contributed by atoms with Crippen LogP contribution < -0.4 is 0 Å². The van der Waals surface area contributed by atoms with Crippen molar-refractivity contribution in [1.29, 1.82) is 0 Å². The van der Waals surface area contributed by atoms with Crippen molar-refractivity contribution in [3.8, 4) is 113 Å². The van der Waals surface area contributed by atoms with Crippen LogP contribution in [0.4, 0.5) is 0 Å². The number of rotatable bonds is 9. The Hall–Kier alpha value is -15.6. The van der Waals surface area contributed by atoms with Gasteiger partial charge in [0.15, 0.2) is 0 Å². The molecule has 20 heteroatoms. The largest absolute Gasteiger partial charge is 0.507 e. The van der Waals surface area contributed by atoms with E-state index in [4.69, 9.17) is 5.11 Å². The predicted molar refractivity (Wildman–Crippen MR) is 553 cm³/mol. The molecule has 15 nitrogen and oxygen atoms in total. The van der Waals surface area contributed by atoms with Gasteiger partial charge in [-0.3, -0.25) is 19.9 Å². The van der Waals surface area contributed by atoms with Crippen LogP contribution in [0.5, 0.6) is 23.0 Å². The van der Waals surface area contributed by atoms with Gasteiger partial charge in [0.05, 0.1) is 39.4 Å². The van der Waals surface area contributed by atoms with Crippen LogP contribution in [-0.4, -0.2) is 76.4 Å². The second-order valence-corrected chi connectivity index (χ2v) is 30.7. The summed E-state index contributed by atoms with van der Waals surface area (Å²) in [5, 5.41) is 61.5. The number of carboxylic acids is 1. The molecule has 0 aliphatic heterocycles. The summed E-state index contributed by atoms with van der Waals surface area (Å²) in [6, 6.07) is 156. The maximum Gasteiger partial charge on any atom is 0.337 e. The molecular weight excluding hydrogens is 2650 g/mol. The minimum atomic E-state index is -0.940. The smallest absolute Gasteiger partial charge is 0.337 e. The first-order valence-electron chi connectivity index (χ1n) is 44.0. The number of fused-ring (bicyclic) bond motifs is 7. The van der Waals surface area contributed by atoms with Gasteiger partial charge in [-0.1, -0.05) is 243 Å². The summed E-state index contributed by atoms with van der Waals surface area (Å²) in [6.45, 7) is 0. The van der Waals surface area contributed by atoms with E-state index in [2.05, 4.69) is 99.5 Å². The number of aromatic hydroxyl groups is 4. The number of carboxylic acid groups (broad SMARTS) is 1. The number of pyridine rings is 9. The second kappa shape index (κ2) is 55.2. The molecule has 0 unspecified atom stereocenters. The summed E-state index contributed by atoms with van der Waals surface area (Å²) >= 11 is 0. The molecule has 0 saturated heterocycles. The van der Waals surface area contributed by atoms with Gasteiger partial charge in [0, 0.05) is 199 Å². The number of aromatic carboxylic acids is 1. The Kier molecular flexibility index (Phi) is 41.6. The summed E-state index contributed by atoms with van der Waals surface area (Å²) in [5.41, 5.74) is 16.1. The van der Waals surface area contributed by atoms with Gasteiger partial charge in [-0.05, 0) is 170 Å². The molecule has 0 spiro atoms. The van der Waals surface area contributed by atoms with Gasteiger partial charge >= 0.3 is 5.97 Å². The molecule has 0 amide bonds. The van der Waals surface area contributed by atoms with Crippen LogP contribution in [-0.2, 0) is 101 Å². The molecule has 9 aromatic heterocycles. The summed E-state index contributed by atoms with van der Waals surface area (Å²) in [7, 11) is 0. The molecule has 0 aliphatic carbocycles. The topological polar surface area (TPSA) is 234 Å². The third-order valence-electron chi connectivity index (χ3n) is 21.7. The molecule has 705 valence electrons. The van der Waals surface area contributed by atoms with Crippen LogP contribution in [0, 0.1) is 24.3 Å². The van der Waals surface area contributed by atoms with Crippen LogP contribution in [0.2, 0.25) is 0 Å². The van der Waals surface area contributed by atoms with E-state index < -0.39 is 5.97 Å². The Balaban J connectivity index is 0.000000152. The van der Waals surface area contributed by atoms with Crippen molar-refractivity contribution >= 4 is 81.6 Å². The molecule has 142 heavy (non-hydrogen) atoms. The van der Waals surface area contributed by atoms with Crippen molar-refractivity contribution in [3.05, 3.63) is 528 Å². The summed E-state index contributed by atoms with van der Waals surface area (Å²) in [6.07, 6.45) is 14.3. The fourth-order valence-corrected chi connectivity index (χ4v) is 14.9. The van der Waals surface area contributed by atoms with Crippen molar-refractivity contribution < 1.29 is 131 Å². The average molecular weight is 2740 g/mol. The molecule has 0 aliphatic rings. The van der Waals surface area contributed by atoms with Gasteiger partial charge in [-0.15, -0.1) is 144 Å². The molecule has 24 aromatic rings. The Morgan fingerprint density at radius 2 is 0.556 bits per heavy atom. The zero-order valence-corrected chi connectivity index (χ0v) is 87.7. The number of hydrogen-bond donors (Lipinski definition) is 5. The molecular formula is C122H87Ir5N9O6-4. The van der Waals surface area contributed by atoms with E-state index in [1.807, 2.05) is 383 Å². The van der Waals surface area contributed by atoms with Gasteiger partial charge in [0.1, 0.15) is 23.0 Å². The Morgan fingerprint density at radius 3 is 0.993 bits per heavy atom. The first-order chi connectivity index (χ1) is 67.5. The molecule has 0 fully saturated rings. The third-order valence-corrected chi connectivity index (χ3v) is 21.7. The predicted octanol–water partition coefficient (Wildman–Crippen LogP) is 28.9. The van der Waals surface area contributed by atoms with E-state index in [0.717, 1.165) is 139 Å². The number of carbonyl (C=O) groups is 1. The first kappa shape index (κ1) is 107. The number of para-hydroxylation sites is 6. The van der Waals surface area contributed by atoms with E-state index in [-0.39, 0.29) is 129 Å². The Morgan fingerprint density at radius 1 is 0.218 bits per heavy atom. The summed E-state index contributed by atoms with van der Waals surface area (Å²) < 4.78 is 0. The first-order valence-corrected chi connectivity index (χ1v) is 44.0. The molecule has 9 heterocycles. The molecule has 0 saturated carbocycles. The zero-order valence-electron chi connectivity index (χ0n) is 75.7. The van der Waals surface area contributed by atoms with Crippen LogP contribution in [0.3, 0.4) is 0 Å². The minimum Gasteiger partial charge on any atom is -0.507 e. The molecule has 0 bridgehead atoms. The van der Waals surface area contributed by atoms with Crippen molar-refractivity contribution in [2.75, 3.05) is 0 Å². The SMILES string of the molecule is O=C(O)c1cccc2cccnc12.Oc1ccccc1-c1cc2ccccc2cn1.Oc1ccccc1-c1ccc2ccccc2n1.Oc1ccccc1-c1nccc2ccccc12.Oc1ccccc1-c1nccc2ccccc12.[Ir].[Ir].[Ir].[Ir].[Ir].[c-]1ccccc1-c1cc2ccccc2cn1.[c-]1ccccc1-c1ccccn1.[c-]1ccccc1-c1ccccn1.[c-]1ccccc1-c1nccc2ccccc12. The van der Waals surface area contributed by atoms with Crippen LogP contribution in [0.1, 0.15) is 10.4 Å². The van der Waals surface area contributed by atoms with Crippen molar-refractivity contribution in [3.63, 3.8) is 0 Å². The van der Waals surface area contributed by atoms with Gasteiger partial charge in [0.25, 0.3) is 0 Å². The van der Waals surface area contributed by atoms with E-state index in [1.54, 1.807) is 85.6 Å². The standard InChI is InChI=1S/4C15H11NO.2C15H10N.2C11H8N.C10H7NO2.5Ir/c17-15-8-4-2-6-12(15)14-10-9-11-5-1-3-7-13(11)16-14;17-15-8-4-3-7-13(15)14-9-11-5-1-2-6-12(11)10-16-14;2*17-14-8-4-3-7-13(14)15-12-6-2-1-5-11(12)9-10-16-15;1-2-7-13(8-3-1)15-14-9-5-4-6-12(14)10-11-16-15;1-2-6-12(7-3-1)15-10-13-8-4-5-9-14(13)11-16-15;2*1-2-6-10(7-3-1)11-8-4-5-9-12-11;12-10(13)8-5-1-3-7-4-2-6-11-9(7)8;;;;;/h4*1-10,17H;1-7,9-11H;1-6,8-11H;2*1-6,8-9H;1-6H,(H,12,13);;;;;/q;;;;4*-1;;;;;;. The van der Waals surface area contributed by atoms with Gasteiger partial charge < -0.3 is 45.5 Å². The Labute approximate surface area is 890 Å². The molecule has 15 aromatic carbocycles. The maximum atomic E-state index is 10.8. The average Bonchev–Trinajstić information content (AvgIpc) is 0.802. The van der Waals surface area contributed by atoms with Gasteiger partial charge in [-0.25, -0.2) is 9.78 Å². The molecule has 5 N–H and O–H groups in total. The minimum absolute atomic E-state index is 0. The number of aromatic nitrogens is 9. The van der Waals surface area contributed by atoms with Crippen LogP contribution in [0.25, 0.3) is 166 Å². The van der Waals surface area contributed by atoms with E-state index in [0.29, 0.717) is 5.52 Å². The van der Waals surface area contributed by atoms with E-state index >= 15 is 0 Å². The van der Waals surface area contributed by atoms with Crippen LogP contribution >= 0.6 is 0 Å². The third kappa shape index (κ3) is 28.8. The van der Waals surface area contributed by atoms with Crippen molar-refractivity contribution in [1.82, 2.24) is 44.9 Å². The number of phenolic OH excluding ortho intramolecular Hbond substituents is 4. The van der Waals surface area contributed by atoms with Crippen molar-refractivity contribution in [2.45, 2.75) is 0 Å². The van der Waals surface area contributed by atoms with Gasteiger partial charge in [-0.2, -0.15) is 0 Å². The van der Waals surface area contributed by atoms with E-state index in [1.165, 1.54) is 21.5 Å². The maximum absolute atomic E-state index is 10.8. The summed E-state index contributed by atoms with van der Waals surface area (Å²) in [4.78, 5) is 49.8. The quantitative estimate of drug-likeness (QED) is 0.0846. The normalized spacial score (nSPS) is 10.0. The molecule has 0 atom stereocenters. The zero-order chi connectivity index (χ0) is 94.0. The molecule has 5 radical (unpaired) electrons. The number of phenols is 4. The number of nitrogens with zero attached hydrogens (tertiary/aromatic N) is 9. The second-order valence-electron chi connectivity index (χ2n) is 30.7.